The first-order chi connectivity index (χ1) is 7.92. The predicted octanol–water partition coefficient (Wildman–Crippen LogP) is 1.38. The lowest BCUT2D eigenvalue weighted by Crippen LogP contribution is -2.45. The zero-order chi connectivity index (χ0) is 10.8. The number of nitrogens with zero attached hydrogens (tertiary/aromatic N) is 1. The molecule has 2 saturated heterocycles. The van der Waals surface area contributed by atoms with Gasteiger partial charge in [0.2, 0.25) is 0 Å². The minimum absolute atomic E-state index is 0.501. The zero-order valence-corrected chi connectivity index (χ0v) is 10.2. The second kappa shape index (κ2) is 5.03. The average molecular weight is 224 g/mol. The summed E-state index contributed by atoms with van der Waals surface area (Å²) in [7, 11) is 0. The van der Waals surface area contributed by atoms with E-state index in [1.807, 2.05) is 0 Å². The first-order valence-electron chi connectivity index (χ1n) is 7.01. The van der Waals surface area contributed by atoms with E-state index < -0.39 is 0 Å². The standard InChI is InChI=1S/C13H24N2O/c1-2-13(16-9-1)10-14-11-5-7-15(8-6-11)12-3-4-12/h11-14H,1-10H2. The molecule has 3 aliphatic rings. The summed E-state index contributed by atoms with van der Waals surface area (Å²) < 4.78 is 5.64. The van der Waals surface area contributed by atoms with Crippen molar-refractivity contribution in [3.05, 3.63) is 0 Å². The summed E-state index contributed by atoms with van der Waals surface area (Å²) >= 11 is 0. The van der Waals surface area contributed by atoms with Crippen LogP contribution in [0.2, 0.25) is 0 Å². The number of hydrogen-bond donors (Lipinski definition) is 1. The fourth-order valence-electron chi connectivity index (χ4n) is 3.01. The summed E-state index contributed by atoms with van der Waals surface area (Å²) in [5.74, 6) is 0. The predicted molar refractivity (Wildman–Crippen MR) is 64.6 cm³/mol. The highest BCUT2D eigenvalue weighted by molar-refractivity contribution is 4.89. The minimum atomic E-state index is 0.501. The molecule has 3 rings (SSSR count). The molecule has 0 spiro atoms. The average Bonchev–Trinajstić information content (AvgIpc) is 3.05. The second-order valence-corrected chi connectivity index (χ2v) is 5.58. The van der Waals surface area contributed by atoms with Crippen LogP contribution in [0.25, 0.3) is 0 Å². The molecule has 0 radical (unpaired) electrons. The lowest BCUT2D eigenvalue weighted by molar-refractivity contribution is 0.102. The van der Waals surface area contributed by atoms with Crippen molar-refractivity contribution in [1.82, 2.24) is 10.2 Å². The van der Waals surface area contributed by atoms with Gasteiger partial charge in [-0.3, -0.25) is 0 Å². The molecule has 0 amide bonds. The summed E-state index contributed by atoms with van der Waals surface area (Å²) in [5.41, 5.74) is 0. The molecular weight excluding hydrogens is 200 g/mol. The molecule has 16 heavy (non-hydrogen) atoms. The molecule has 1 atom stereocenters. The van der Waals surface area contributed by atoms with Gasteiger partial charge >= 0.3 is 0 Å². The first-order valence-corrected chi connectivity index (χ1v) is 7.01. The van der Waals surface area contributed by atoms with Gasteiger partial charge in [-0.05, 0) is 51.6 Å². The van der Waals surface area contributed by atoms with E-state index in [2.05, 4.69) is 10.2 Å². The molecule has 3 nitrogen and oxygen atoms in total. The summed E-state index contributed by atoms with van der Waals surface area (Å²) in [6.07, 6.45) is 8.59. The fourth-order valence-corrected chi connectivity index (χ4v) is 3.01. The Kier molecular flexibility index (Phi) is 3.46. The highest BCUT2D eigenvalue weighted by Gasteiger charge is 2.31. The van der Waals surface area contributed by atoms with E-state index in [1.165, 1.54) is 51.6 Å². The van der Waals surface area contributed by atoms with Crippen molar-refractivity contribution in [3.63, 3.8) is 0 Å². The Balaban J connectivity index is 1.33. The smallest absolute Gasteiger partial charge is 0.0700 e. The third kappa shape index (κ3) is 2.76. The molecule has 0 aromatic carbocycles. The zero-order valence-electron chi connectivity index (χ0n) is 10.2. The van der Waals surface area contributed by atoms with Crippen LogP contribution >= 0.6 is 0 Å². The number of likely N-dealkylation sites (tertiary alicyclic amines) is 1. The van der Waals surface area contributed by atoms with Gasteiger partial charge in [-0.25, -0.2) is 0 Å². The number of ether oxygens (including phenoxy) is 1. The van der Waals surface area contributed by atoms with Crippen molar-refractivity contribution in [2.75, 3.05) is 26.2 Å². The minimum Gasteiger partial charge on any atom is -0.377 e. The molecule has 2 heterocycles. The van der Waals surface area contributed by atoms with Crippen molar-refractivity contribution in [2.45, 2.75) is 56.7 Å². The number of piperidine rings is 1. The van der Waals surface area contributed by atoms with Crippen LogP contribution < -0.4 is 5.32 Å². The summed E-state index contributed by atoms with van der Waals surface area (Å²) in [6, 6.07) is 1.71. The lowest BCUT2D eigenvalue weighted by Gasteiger charge is -2.32. The number of nitrogens with one attached hydrogen (secondary N) is 1. The third-order valence-corrected chi connectivity index (χ3v) is 4.25. The molecule has 92 valence electrons. The van der Waals surface area contributed by atoms with Gasteiger partial charge in [0.15, 0.2) is 0 Å². The Hall–Kier alpha value is -0.120. The largest absolute Gasteiger partial charge is 0.377 e. The van der Waals surface area contributed by atoms with Gasteiger partial charge in [-0.2, -0.15) is 0 Å². The van der Waals surface area contributed by atoms with Gasteiger partial charge in [0, 0.05) is 25.2 Å². The lowest BCUT2D eigenvalue weighted by atomic mass is 10.0. The van der Waals surface area contributed by atoms with E-state index in [0.717, 1.165) is 25.2 Å². The van der Waals surface area contributed by atoms with Crippen LogP contribution in [0.4, 0.5) is 0 Å². The number of hydrogen-bond acceptors (Lipinski definition) is 3. The van der Waals surface area contributed by atoms with E-state index in [9.17, 15) is 0 Å². The molecule has 0 aromatic rings. The quantitative estimate of drug-likeness (QED) is 0.781. The monoisotopic (exact) mass is 224 g/mol. The molecule has 1 unspecified atom stereocenters. The maximum absolute atomic E-state index is 5.64. The van der Waals surface area contributed by atoms with Crippen molar-refractivity contribution < 1.29 is 4.74 Å². The maximum atomic E-state index is 5.64. The highest BCUT2D eigenvalue weighted by Crippen LogP contribution is 2.29. The van der Waals surface area contributed by atoms with Gasteiger partial charge in [0.1, 0.15) is 0 Å². The van der Waals surface area contributed by atoms with Crippen molar-refractivity contribution in [3.8, 4) is 0 Å². The SMILES string of the molecule is C1COC(CNC2CCN(C3CC3)CC2)C1. The normalized spacial score (nSPS) is 33.4. The Morgan fingerprint density at radius 2 is 1.88 bits per heavy atom. The van der Waals surface area contributed by atoms with Gasteiger partial charge in [0.05, 0.1) is 6.10 Å². The maximum Gasteiger partial charge on any atom is 0.0700 e. The van der Waals surface area contributed by atoms with Crippen molar-refractivity contribution in [2.24, 2.45) is 0 Å². The molecule has 0 aromatic heterocycles. The van der Waals surface area contributed by atoms with Crippen LogP contribution in [0.5, 0.6) is 0 Å². The van der Waals surface area contributed by atoms with E-state index in [-0.39, 0.29) is 0 Å². The van der Waals surface area contributed by atoms with Crippen LogP contribution in [0.1, 0.15) is 38.5 Å². The molecule has 3 fully saturated rings. The fraction of sp³-hybridized carbons (Fsp3) is 1.00. The van der Waals surface area contributed by atoms with Gasteiger partial charge < -0.3 is 15.0 Å². The molecule has 1 saturated carbocycles. The molecule has 1 aliphatic carbocycles. The van der Waals surface area contributed by atoms with Gasteiger partial charge in [0.25, 0.3) is 0 Å². The van der Waals surface area contributed by atoms with E-state index in [0.29, 0.717) is 6.10 Å². The Labute approximate surface area is 98.5 Å². The van der Waals surface area contributed by atoms with Crippen LogP contribution in [-0.2, 0) is 4.74 Å². The van der Waals surface area contributed by atoms with E-state index in [4.69, 9.17) is 4.74 Å². The molecular formula is C13H24N2O. The number of rotatable bonds is 4. The van der Waals surface area contributed by atoms with Gasteiger partial charge in [-0.1, -0.05) is 0 Å². The molecule has 3 heteroatoms. The summed E-state index contributed by atoms with van der Waals surface area (Å²) in [4.78, 5) is 2.68. The van der Waals surface area contributed by atoms with E-state index >= 15 is 0 Å². The van der Waals surface area contributed by atoms with Crippen LogP contribution in [0.3, 0.4) is 0 Å². The summed E-state index contributed by atoms with van der Waals surface area (Å²) in [6.45, 7) is 4.68. The molecule has 1 N–H and O–H groups in total. The third-order valence-electron chi connectivity index (χ3n) is 4.25. The van der Waals surface area contributed by atoms with Crippen molar-refractivity contribution in [1.29, 1.82) is 0 Å². The van der Waals surface area contributed by atoms with Gasteiger partial charge in [-0.15, -0.1) is 0 Å². The Bertz CT molecular complexity index is 216. The van der Waals surface area contributed by atoms with E-state index in [1.54, 1.807) is 0 Å². The highest BCUT2D eigenvalue weighted by atomic mass is 16.5. The Morgan fingerprint density at radius 1 is 1.06 bits per heavy atom. The topological polar surface area (TPSA) is 24.5 Å². The second-order valence-electron chi connectivity index (χ2n) is 5.58. The Morgan fingerprint density at radius 3 is 2.50 bits per heavy atom. The first kappa shape index (κ1) is 11.0. The molecule has 0 bridgehead atoms. The van der Waals surface area contributed by atoms with Crippen molar-refractivity contribution >= 4 is 0 Å². The van der Waals surface area contributed by atoms with Crippen LogP contribution in [-0.4, -0.2) is 49.3 Å². The molecule has 2 aliphatic heterocycles. The van der Waals surface area contributed by atoms with Crippen LogP contribution in [0, 0.1) is 0 Å². The summed E-state index contributed by atoms with van der Waals surface area (Å²) in [5, 5.41) is 3.69. The van der Waals surface area contributed by atoms with Crippen LogP contribution in [0.15, 0.2) is 0 Å².